The average molecular weight is 514 g/mol. The first-order valence-corrected chi connectivity index (χ1v) is 11.3. The van der Waals surface area contributed by atoms with Gasteiger partial charge in [0.05, 0.1) is 0 Å². The topological polar surface area (TPSA) is 20.2 Å². The van der Waals surface area contributed by atoms with E-state index in [4.69, 9.17) is 0 Å². The first kappa shape index (κ1) is 31.1. The molecule has 0 bridgehead atoms. The Bertz CT molecular complexity index is 976. The second kappa shape index (κ2) is 15.9. The van der Waals surface area contributed by atoms with Gasteiger partial charge in [0.1, 0.15) is 5.75 Å². The van der Waals surface area contributed by atoms with Crippen LogP contribution in [0.4, 0.5) is 0 Å². The number of rotatable bonds is 2. The van der Waals surface area contributed by atoms with Gasteiger partial charge in [-0.25, -0.2) is 11.6 Å². The van der Waals surface area contributed by atoms with Crippen molar-refractivity contribution in [3.8, 4) is 5.75 Å². The first-order chi connectivity index (χ1) is 14.8. The summed E-state index contributed by atoms with van der Waals surface area (Å²) in [5.41, 5.74) is 5.14. The molecule has 0 amide bonds. The molecule has 0 fully saturated rings. The minimum atomic E-state index is 0. The maximum absolute atomic E-state index is 9.18. The monoisotopic (exact) mass is 513 g/mol. The van der Waals surface area contributed by atoms with Crippen LogP contribution in [0, 0.1) is 6.08 Å². The van der Waals surface area contributed by atoms with Crippen molar-refractivity contribution in [2.24, 2.45) is 0 Å². The Balaban J connectivity index is 0.000000484. The van der Waals surface area contributed by atoms with Crippen LogP contribution in [0.2, 0.25) is 0 Å². The molecule has 4 rings (SSSR count). The number of aromatic hydroxyl groups is 1. The Hall–Kier alpha value is -1.90. The van der Waals surface area contributed by atoms with Gasteiger partial charge < -0.3 is 29.9 Å². The predicted octanol–water partition coefficient (Wildman–Crippen LogP) is 1.20. The Morgan fingerprint density at radius 3 is 1.64 bits per heavy atom. The fourth-order valence-electron chi connectivity index (χ4n) is 2.86. The SMILES string of the molecule is CC(C)(C)c1cccc(O)c1.CC1=[C-]CC=C1.[Cl-].[Cl-].[Ti+]=[C](c1ccccc1)c1ccccc1. The molecule has 0 saturated carbocycles. The van der Waals surface area contributed by atoms with Crippen LogP contribution < -0.4 is 24.8 Å². The van der Waals surface area contributed by atoms with Gasteiger partial charge in [0.15, 0.2) is 0 Å². The normalized spacial score (nSPS) is 11.4. The zero-order valence-electron chi connectivity index (χ0n) is 19.6. The molecule has 1 nitrogen and oxygen atoms in total. The summed E-state index contributed by atoms with van der Waals surface area (Å²) in [6.45, 7) is 8.44. The van der Waals surface area contributed by atoms with Gasteiger partial charge in [-0.1, -0.05) is 39.8 Å². The van der Waals surface area contributed by atoms with Crippen LogP contribution in [0.25, 0.3) is 0 Å². The zero-order chi connectivity index (χ0) is 22.7. The summed E-state index contributed by atoms with van der Waals surface area (Å²) in [7, 11) is 0. The van der Waals surface area contributed by atoms with Crippen molar-refractivity contribution < 1.29 is 49.9 Å². The molecule has 0 unspecified atom stereocenters. The van der Waals surface area contributed by atoms with E-state index in [1.165, 1.54) is 20.5 Å². The molecule has 1 aliphatic carbocycles. The second-order valence-electron chi connectivity index (χ2n) is 8.37. The van der Waals surface area contributed by atoms with Crippen LogP contribution in [-0.2, 0) is 25.4 Å². The third kappa shape index (κ3) is 11.7. The Kier molecular flexibility index (Phi) is 14.9. The molecule has 33 heavy (non-hydrogen) atoms. The molecule has 3 aromatic rings. The van der Waals surface area contributed by atoms with E-state index in [1.54, 1.807) is 12.1 Å². The van der Waals surface area contributed by atoms with E-state index < -0.39 is 0 Å². The standard InChI is InChI=1S/C13H10.C10H14O.C6H7.2ClH.Ti/c1-3-7-12(8-4-1)11-13-9-5-2-6-10-13;1-10(2,3)8-5-4-6-9(11)7-8;1-6-4-2-3-5-6;;;/h1-10H;4-7,11H,1-3H3;2,4H,3H2,1H3;2*1H;/q;;-1;;;+1/p-2. The van der Waals surface area contributed by atoms with Crippen molar-refractivity contribution in [3.05, 3.63) is 125 Å². The number of hydrogen-bond acceptors (Lipinski definition) is 1. The number of allylic oxidation sites excluding steroid dienone is 4. The van der Waals surface area contributed by atoms with E-state index in [9.17, 15) is 5.11 Å². The number of phenolic OH excluding ortho intramolecular Hbond substituents is 1. The van der Waals surface area contributed by atoms with E-state index in [1.807, 2.05) is 24.3 Å². The molecule has 0 heterocycles. The maximum atomic E-state index is 9.18. The van der Waals surface area contributed by atoms with Crippen molar-refractivity contribution in [3.63, 3.8) is 0 Å². The van der Waals surface area contributed by atoms with Crippen molar-refractivity contribution in [2.45, 2.75) is 39.5 Å². The Morgan fingerprint density at radius 1 is 0.818 bits per heavy atom. The number of benzene rings is 3. The van der Waals surface area contributed by atoms with E-state index in [0.717, 1.165) is 12.0 Å². The van der Waals surface area contributed by atoms with E-state index in [2.05, 4.69) is 114 Å². The van der Waals surface area contributed by atoms with Crippen LogP contribution in [-0.4, -0.2) is 8.92 Å². The molecule has 0 radical (unpaired) electrons. The van der Waals surface area contributed by atoms with Crippen LogP contribution in [0.5, 0.6) is 5.75 Å². The van der Waals surface area contributed by atoms with Crippen LogP contribution in [0.15, 0.2) is 103 Å². The molecule has 0 spiro atoms. The number of halogens is 2. The van der Waals surface area contributed by atoms with Crippen LogP contribution in [0.1, 0.15) is 50.8 Å². The number of hydrogen-bond donors (Lipinski definition) is 1. The quantitative estimate of drug-likeness (QED) is 0.403. The van der Waals surface area contributed by atoms with Crippen molar-refractivity contribution in [1.82, 2.24) is 0 Å². The molecule has 0 aliphatic heterocycles. The van der Waals surface area contributed by atoms with Gasteiger partial charge in [-0.3, -0.25) is 6.08 Å². The van der Waals surface area contributed by atoms with E-state index in [-0.39, 0.29) is 30.2 Å². The molecule has 1 N–H and O–H groups in total. The minimum absolute atomic E-state index is 0. The van der Waals surface area contributed by atoms with Gasteiger partial charge in [0.25, 0.3) is 0 Å². The van der Waals surface area contributed by atoms with Gasteiger partial charge >= 0.3 is 95.6 Å². The molecular formula is C29H31Cl2OTi-2. The fraction of sp³-hybridized carbons (Fsp3) is 0.207. The number of phenols is 1. The van der Waals surface area contributed by atoms with E-state index in [0.29, 0.717) is 5.75 Å². The van der Waals surface area contributed by atoms with Crippen LogP contribution >= 0.6 is 0 Å². The van der Waals surface area contributed by atoms with E-state index >= 15 is 0 Å². The van der Waals surface area contributed by atoms with Gasteiger partial charge in [-0.2, -0.15) is 6.08 Å². The van der Waals surface area contributed by atoms with Crippen molar-refractivity contribution >= 4 is 3.81 Å². The molecule has 4 heteroatoms. The molecule has 0 saturated heterocycles. The summed E-state index contributed by atoms with van der Waals surface area (Å²) >= 11 is 2.16. The van der Waals surface area contributed by atoms with Crippen molar-refractivity contribution in [1.29, 1.82) is 0 Å². The summed E-state index contributed by atoms with van der Waals surface area (Å²) in [5.74, 6) is 0.345. The predicted molar refractivity (Wildman–Crippen MR) is 129 cm³/mol. The van der Waals surface area contributed by atoms with Gasteiger partial charge in [-0.05, 0) is 23.1 Å². The average Bonchev–Trinajstić information content (AvgIpc) is 3.26. The zero-order valence-corrected chi connectivity index (χ0v) is 22.7. The summed E-state index contributed by atoms with van der Waals surface area (Å²) < 4.78 is 1.33. The molecule has 0 aromatic heterocycles. The third-order valence-corrected chi connectivity index (χ3v) is 5.61. The molecule has 0 atom stereocenters. The molecule has 3 aromatic carbocycles. The Morgan fingerprint density at radius 2 is 1.33 bits per heavy atom. The second-order valence-corrected chi connectivity index (χ2v) is 9.15. The fourth-order valence-corrected chi connectivity index (χ4v) is 3.38. The van der Waals surface area contributed by atoms with Gasteiger partial charge in [0, 0.05) is 0 Å². The summed E-state index contributed by atoms with van der Waals surface area (Å²) in [6, 6.07) is 28.3. The summed E-state index contributed by atoms with van der Waals surface area (Å²) in [4.78, 5) is 0. The summed E-state index contributed by atoms with van der Waals surface area (Å²) in [5, 5.41) is 9.18. The molecule has 173 valence electrons. The molecule has 1 aliphatic rings. The summed E-state index contributed by atoms with van der Waals surface area (Å²) in [6.07, 6.45) is 8.33. The van der Waals surface area contributed by atoms with Gasteiger partial charge in [-0.15, -0.1) is 6.42 Å². The van der Waals surface area contributed by atoms with Crippen molar-refractivity contribution in [2.75, 3.05) is 0 Å². The first-order valence-electron chi connectivity index (χ1n) is 10.5. The molecular weight excluding hydrogens is 483 g/mol. The third-order valence-electron chi connectivity index (χ3n) is 4.70. The van der Waals surface area contributed by atoms with Crippen LogP contribution in [0.3, 0.4) is 0 Å². The van der Waals surface area contributed by atoms with Gasteiger partial charge in [0.2, 0.25) is 0 Å². The Labute approximate surface area is 223 Å².